The first-order chi connectivity index (χ1) is 5.27. The Bertz CT molecular complexity index is 390. The number of hydrogen-bond acceptors (Lipinski definition) is 3. The molecule has 0 aliphatic rings. The summed E-state index contributed by atoms with van der Waals surface area (Å²) >= 11 is 0. The summed E-state index contributed by atoms with van der Waals surface area (Å²) in [5.41, 5.74) is 7.43. The van der Waals surface area contributed by atoms with E-state index in [-0.39, 0.29) is 0 Å². The zero-order valence-corrected chi connectivity index (χ0v) is 6.15. The van der Waals surface area contributed by atoms with Gasteiger partial charge in [0.05, 0.1) is 23.6 Å². The molecule has 2 rings (SSSR count). The molecule has 2 aromatic heterocycles. The molecule has 0 bridgehead atoms. The van der Waals surface area contributed by atoms with Gasteiger partial charge < -0.3 is 5.73 Å². The Morgan fingerprint density at radius 2 is 2.09 bits per heavy atom. The Hall–Kier alpha value is -1.58. The molecule has 2 aromatic rings. The third-order valence-corrected chi connectivity index (χ3v) is 1.57. The molecule has 11 heavy (non-hydrogen) atoms. The van der Waals surface area contributed by atoms with Crippen LogP contribution in [0.1, 0.15) is 5.69 Å². The van der Waals surface area contributed by atoms with Crippen LogP contribution in [0.2, 0.25) is 0 Å². The van der Waals surface area contributed by atoms with Crippen LogP contribution >= 0.6 is 0 Å². The largest absolute Gasteiger partial charge is 0.369 e. The molecule has 0 atom stereocenters. The summed E-state index contributed by atoms with van der Waals surface area (Å²) in [5.74, 6) is 0.505. The maximum absolute atomic E-state index is 5.57. The van der Waals surface area contributed by atoms with Gasteiger partial charge in [-0.05, 0) is 6.92 Å². The lowest BCUT2D eigenvalue weighted by atomic mass is 10.5. The number of rotatable bonds is 0. The predicted octanol–water partition coefficient (Wildman–Crippen LogP) is 0.620. The second-order valence-corrected chi connectivity index (χ2v) is 2.44. The van der Waals surface area contributed by atoms with Crippen LogP contribution in [-0.4, -0.2) is 14.4 Å². The number of nitrogens with two attached hydrogens (primary N) is 1. The van der Waals surface area contributed by atoms with Gasteiger partial charge in [-0.1, -0.05) is 0 Å². The fraction of sp³-hybridized carbons (Fsp3) is 0.143. The van der Waals surface area contributed by atoms with Gasteiger partial charge in [0.25, 0.3) is 0 Å². The van der Waals surface area contributed by atoms with Gasteiger partial charge in [-0.2, -0.15) is 0 Å². The van der Waals surface area contributed by atoms with Crippen molar-refractivity contribution in [2.45, 2.75) is 6.92 Å². The number of aryl methyl sites for hydroxylation is 1. The minimum Gasteiger partial charge on any atom is -0.369 e. The van der Waals surface area contributed by atoms with Crippen molar-refractivity contribution in [1.29, 1.82) is 0 Å². The van der Waals surface area contributed by atoms with E-state index in [9.17, 15) is 0 Å². The Labute approximate surface area is 63.7 Å². The van der Waals surface area contributed by atoms with Gasteiger partial charge in [0.15, 0.2) is 0 Å². The zero-order chi connectivity index (χ0) is 7.84. The molecule has 0 amide bonds. The van der Waals surface area contributed by atoms with Crippen molar-refractivity contribution in [3.05, 3.63) is 24.3 Å². The molecule has 0 spiro atoms. The van der Waals surface area contributed by atoms with E-state index in [4.69, 9.17) is 5.73 Å². The number of aromatic nitrogens is 3. The van der Waals surface area contributed by atoms with E-state index >= 15 is 0 Å². The average Bonchev–Trinajstić information content (AvgIpc) is 2.33. The lowest BCUT2D eigenvalue weighted by Crippen LogP contribution is -1.95. The maximum Gasteiger partial charge on any atom is 0.204 e. The van der Waals surface area contributed by atoms with Gasteiger partial charge in [0, 0.05) is 6.20 Å². The van der Waals surface area contributed by atoms with Crippen molar-refractivity contribution >= 4 is 11.5 Å². The molecule has 0 radical (unpaired) electrons. The van der Waals surface area contributed by atoms with Gasteiger partial charge in [0.2, 0.25) is 5.95 Å². The lowest BCUT2D eigenvalue weighted by Gasteiger charge is -1.95. The van der Waals surface area contributed by atoms with Crippen molar-refractivity contribution < 1.29 is 0 Å². The maximum atomic E-state index is 5.57. The second kappa shape index (κ2) is 1.95. The average molecular weight is 148 g/mol. The van der Waals surface area contributed by atoms with Crippen LogP contribution in [0.4, 0.5) is 5.95 Å². The highest BCUT2D eigenvalue weighted by atomic mass is 15.1. The summed E-state index contributed by atoms with van der Waals surface area (Å²) in [6.07, 6.45) is 5.30. The quantitative estimate of drug-likeness (QED) is 0.595. The predicted molar refractivity (Wildman–Crippen MR) is 42.1 cm³/mol. The number of anilines is 1. The molecule has 0 fully saturated rings. The topological polar surface area (TPSA) is 56.2 Å². The molecule has 56 valence electrons. The van der Waals surface area contributed by atoms with Crippen LogP contribution in [0.15, 0.2) is 18.6 Å². The minimum absolute atomic E-state index is 0.505. The molecule has 2 N–H and O–H groups in total. The van der Waals surface area contributed by atoms with Gasteiger partial charge in [-0.25, -0.2) is 4.98 Å². The molecule has 0 saturated carbocycles. The van der Waals surface area contributed by atoms with Crippen LogP contribution in [0.5, 0.6) is 0 Å². The third kappa shape index (κ3) is 0.832. The van der Waals surface area contributed by atoms with Crippen LogP contribution in [0, 0.1) is 6.92 Å². The summed E-state index contributed by atoms with van der Waals surface area (Å²) in [4.78, 5) is 8.04. The summed E-state index contributed by atoms with van der Waals surface area (Å²) in [6.45, 7) is 1.92. The van der Waals surface area contributed by atoms with Crippen molar-refractivity contribution in [3.8, 4) is 0 Å². The molecule has 0 aliphatic heterocycles. The standard InChI is InChI=1S/C7H8N4/c1-5-4-11-6(2-9-5)3-10-7(11)8/h2-4H,1H3,(H2,8,10). The van der Waals surface area contributed by atoms with E-state index in [0.717, 1.165) is 11.2 Å². The Kier molecular flexibility index (Phi) is 1.09. The SMILES string of the molecule is Cc1cn2c(N)ncc2cn1. The first-order valence-corrected chi connectivity index (χ1v) is 3.32. The molecule has 0 aliphatic carbocycles. The minimum atomic E-state index is 0.505. The molecule has 0 unspecified atom stereocenters. The Morgan fingerprint density at radius 3 is 2.91 bits per heavy atom. The number of imidazole rings is 1. The van der Waals surface area contributed by atoms with Gasteiger partial charge in [0.1, 0.15) is 0 Å². The first-order valence-electron chi connectivity index (χ1n) is 3.32. The summed E-state index contributed by atoms with van der Waals surface area (Å²) < 4.78 is 1.81. The van der Waals surface area contributed by atoms with E-state index in [1.165, 1.54) is 0 Å². The van der Waals surface area contributed by atoms with Crippen molar-refractivity contribution in [2.75, 3.05) is 5.73 Å². The summed E-state index contributed by atoms with van der Waals surface area (Å²) in [6, 6.07) is 0. The van der Waals surface area contributed by atoms with Crippen molar-refractivity contribution in [1.82, 2.24) is 14.4 Å². The normalized spacial score (nSPS) is 10.6. The van der Waals surface area contributed by atoms with E-state index in [0.29, 0.717) is 5.95 Å². The third-order valence-electron chi connectivity index (χ3n) is 1.57. The van der Waals surface area contributed by atoms with Crippen LogP contribution < -0.4 is 5.73 Å². The Morgan fingerprint density at radius 1 is 1.36 bits per heavy atom. The summed E-state index contributed by atoms with van der Waals surface area (Å²) in [7, 11) is 0. The molecular formula is C7H8N4. The van der Waals surface area contributed by atoms with E-state index in [1.54, 1.807) is 12.4 Å². The second-order valence-electron chi connectivity index (χ2n) is 2.44. The van der Waals surface area contributed by atoms with Crippen LogP contribution in [0.25, 0.3) is 5.52 Å². The molecule has 0 aromatic carbocycles. The monoisotopic (exact) mass is 148 g/mol. The summed E-state index contributed by atoms with van der Waals surface area (Å²) in [5, 5.41) is 0. The molecule has 2 heterocycles. The molecular weight excluding hydrogens is 140 g/mol. The van der Waals surface area contributed by atoms with Gasteiger partial charge >= 0.3 is 0 Å². The zero-order valence-electron chi connectivity index (χ0n) is 6.15. The van der Waals surface area contributed by atoms with Crippen LogP contribution in [-0.2, 0) is 0 Å². The molecule has 0 saturated heterocycles. The van der Waals surface area contributed by atoms with E-state index in [2.05, 4.69) is 9.97 Å². The van der Waals surface area contributed by atoms with Gasteiger partial charge in [-0.3, -0.25) is 9.38 Å². The van der Waals surface area contributed by atoms with Crippen molar-refractivity contribution in [3.63, 3.8) is 0 Å². The Balaban J connectivity index is 2.87. The molecule has 4 nitrogen and oxygen atoms in total. The number of fused-ring (bicyclic) bond motifs is 1. The fourth-order valence-electron chi connectivity index (χ4n) is 1.01. The smallest absolute Gasteiger partial charge is 0.204 e. The van der Waals surface area contributed by atoms with Gasteiger partial charge in [-0.15, -0.1) is 0 Å². The highest BCUT2D eigenvalue weighted by Gasteiger charge is 1.97. The molecule has 4 heteroatoms. The van der Waals surface area contributed by atoms with Crippen LogP contribution in [0.3, 0.4) is 0 Å². The van der Waals surface area contributed by atoms with Crippen molar-refractivity contribution in [2.24, 2.45) is 0 Å². The van der Waals surface area contributed by atoms with E-state index < -0.39 is 0 Å². The number of nitrogens with zero attached hydrogens (tertiary/aromatic N) is 3. The van der Waals surface area contributed by atoms with E-state index in [1.807, 2.05) is 17.5 Å². The number of hydrogen-bond donors (Lipinski definition) is 1. The highest BCUT2D eigenvalue weighted by Crippen LogP contribution is 2.06. The first kappa shape index (κ1) is 6.15. The number of nitrogen functional groups attached to an aromatic ring is 1. The lowest BCUT2D eigenvalue weighted by molar-refractivity contribution is 1.08. The highest BCUT2D eigenvalue weighted by molar-refractivity contribution is 5.48. The fourth-order valence-corrected chi connectivity index (χ4v) is 1.01.